The van der Waals surface area contributed by atoms with Gasteiger partial charge in [0.15, 0.2) is 0 Å². The molecule has 0 aromatic heterocycles. The maximum absolute atomic E-state index is 10.5. The molecule has 0 radical (unpaired) electrons. The quantitative estimate of drug-likeness (QED) is 0.308. The first-order valence-corrected chi connectivity index (χ1v) is 17.9. The number of sulfonamides is 2. The van der Waals surface area contributed by atoms with Gasteiger partial charge in [-0.3, -0.25) is 9.59 Å². The van der Waals surface area contributed by atoms with Crippen LogP contribution in [-0.4, -0.2) is 156 Å². The lowest BCUT2D eigenvalue weighted by Gasteiger charge is -2.10. The van der Waals surface area contributed by atoms with Gasteiger partial charge in [-0.25, -0.2) is 25.9 Å². The number of carbonyl (C=O) groups is 2. The number of nitrogens with one attached hydrogen (secondary N) is 3. The van der Waals surface area contributed by atoms with Crippen LogP contribution in [0.1, 0.15) is 98.9 Å². The smallest absolute Gasteiger partial charge is 0.219 e. The van der Waals surface area contributed by atoms with Gasteiger partial charge in [-0.15, -0.1) is 0 Å². The van der Waals surface area contributed by atoms with Crippen LogP contribution in [0.25, 0.3) is 0 Å². The molecule has 0 heterocycles. The van der Waals surface area contributed by atoms with Crippen molar-refractivity contribution >= 4 is 31.9 Å². The van der Waals surface area contributed by atoms with Crippen molar-refractivity contribution in [2.24, 2.45) is 0 Å². The molecular formula is C32H91N7O6S2. The summed E-state index contributed by atoms with van der Waals surface area (Å²) in [6.45, 7) is 21.3. The van der Waals surface area contributed by atoms with Crippen LogP contribution < -0.4 is 15.4 Å². The van der Waals surface area contributed by atoms with Crippen LogP contribution in [0, 0.1) is 0 Å². The summed E-state index contributed by atoms with van der Waals surface area (Å²) in [4.78, 5) is 26.1. The van der Waals surface area contributed by atoms with E-state index in [9.17, 15) is 26.4 Å². The summed E-state index contributed by atoms with van der Waals surface area (Å²) in [7, 11) is 8.65. The maximum atomic E-state index is 10.5. The number of amides is 2. The minimum Gasteiger partial charge on any atom is -0.359 e. The molecule has 2 amide bonds. The fraction of sp³-hybridized carbons (Fsp3) is 0.938. The Balaban J connectivity index is -0.0000000302. The molecule has 15 heteroatoms. The van der Waals surface area contributed by atoms with Crippen molar-refractivity contribution in [3.05, 3.63) is 0 Å². The number of hydrogen-bond acceptors (Lipinski definition) is 9. The normalized spacial score (nSPS) is 8.79. The number of carbonyl (C=O) groups excluding carboxylic acids is 2. The minimum atomic E-state index is -2.92. The third-order valence-corrected chi connectivity index (χ3v) is 7.01. The molecule has 0 spiro atoms. The molecule has 0 aliphatic heterocycles. The van der Waals surface area contributed by atoms with Crippen molar-refractivity contribution in [3.63, 3.8) is 0 Å². The second kappa shape index (κ2) is 56.9. The Kier molecular flexibility index (Phi) is 97.4. The Morgan fingerprint density at radius 3 is 0.957 bits per heavy atom. The second-order valence-corrected chi connectivity index (χ2v) is 13.0. The first kappa shape index (κ1) is 80.4. The Hall–Kier alpha value is -1.36. The lowest BCUT2D eigenvalue weighted by atomic mass is 10.4. The van der Waals surface area contributed by atoms with Crippen LogP contribution in [0.15, 0.2) is 0 Å². The van der Waals surface area contributed by atoms with Crippen LogP contribution in [0.4, 0.5) is 0 Å². The predicted octanol–water partition coefficient (Wildman–Crippen LogP) is 4.62. The van der Waals surface area contributed by atoms with E-state index in [1.165, 1.54) is 44.0 Å². The van der Waals surface area contributed by atoms with Crippen molar-refractivity contribution in [3.8, 4) is 0 Å². The summed E-state index contributed by atoms with van der Waals surface area (Å²) in [6, 6.07) is 0. The van der Waals surface area contributed by atoms with E-state index < -0.39 is 20.0 Å². The van der Waals surface area contributed by atoms with Gasteiger partial charge in [0, 0.05) is 48.1 Å². The molecular weight excluding hydrogens is 643 g/mol. The molecule has 0 aromatic rings. The first-order valence-electron chi connectivity index (χ1n) is 14.2. The maximum Gasteiger partial charge on any atom is 0.219 e. The summed E-state index contributed by atoms with van der Waals surface area (Å²) in [6.07, 6.45) is 3.56. The van der Waals surface area contributed by atoms with Crippen molar-refractivity contribution in [2.45, 2.75) is 98.9 Å². The summed E-state index contributed by atoms with van der Waals surface area (Å²) >= 11 is 0. The van der Waals surface area contributed by atoms with Gasteiger partial charge in [0.25, 0.3) is 0 Å². The van der Waals surface area contributed by atoms with Gasteiger partial charge in [0.05, 0.1) is 12.5 Å². The van der Waals surface area contributed by atoms with E-state index >= 15 is 0 Å². The third kappa shape index (κ3) is 123. The highest BCUT2D eigenvalue weighted by Gasteiger charge is 2.05. The van der Waals surface area contributed by atoms with E-state index in [0.29, 0.717) is 6.54 Å². The monoisotopic (exact) mass is 734 g/mol. The molecule has 0 bridgehead atoms. The fourth-order valence-electron chi connectivity index (χ4n) is 0.997. The van der Waals surface area contributed by atoms with Gasteiger partial charge in [-0.05, 0) is 74.8 Å². The highest BCUT2D eigenvalue weighted by atomic mass is 32.2. The summed E-state index contributed by atoms with van der Waals surface area (Å²) < 4.78 is 44.1. The molecule has 302 valence electrons. The number of rotatable bonds is 9. The molecule has 0 unspecified atom stereocenters. The highest BCUT2D eigenvalue weighted by molar-refractivity contribution is 7.88. The lowest BCUT2D eigenvalue weighted by molar-refractivity contribution is -0.127. The van der Waals surface area contributed by atoms with Gasteiger partial charge >= 0.3 is 0 Å². The van der Waals surface area contributed by atoms with E-state index in [1.54, 1.807) is 39.9 Å². The Bertz CT molecular complexity index is 768. The van der Waals surface area contributed by atoms with E-state index in [2.05, 4.69) is 74.0 Å². The molecule has 0 atom stereocenters. The summed E-state index contributed by atoms with van der Waals surface area (Å²) in [5.74, 6) is 0.132. The molecule has 0 aliphatic rings. The van der Waals surface area contributed by atoms with Crippen LogP contribution >= 0.6 is 0 Å². The van der Waals surface area contributed by atoms with Gasteiger partial charge in [0.2, 0.25) is 31.9 Å². The fourth-order valence-corrected chi connectivity index (χ4v) is 1.47. The molecule has 0 saturated heterocycles. The molecule has 47 heavy (non-hydrogen) atoms. The van der Waals surface area contributed by atoms with Gasteiger partial charge in [0.1, 0.15) is 0 Å². The second-order valence-electron chi connectivity index (χ2n) is 8.99. The predicted molar refractivity (Wildman–Crippen MR) is 217 cm³/mol. The van der Waals surface area contributed by atoms with Gasteiger partial charge in [-0.2, -0.15) is 0 Å². The number of nitrogens with zero attached hydrogens (tertiary/aromatic N) is 4. The van der Waals surface area contributed by atoms with Gasteiger partial charge < -0.3 is 25.3 Å². The Labute approximate surface area is 299 Å². The molecule has 13 nitrogen and oxygen atoms in total. The standard InChI is InChI=1S/C6H15N.C5H11NO.C4H11NO2S.C4H11N.C3H7NO.C3H9N.C2H7NO2S.5CH4/c1-4-6-7(3)5-2;1-4-6(3)5(2)7;1-4-5(2)8(3,6)7;1-4-5(2)3;1-3(5)4-2;1-3-4-2;1-3-6(2,4)5;;;;;/h4-6H2,1-3H3;4H2,1-3H3;4H2,1-3H3;4H2,1-3H3;1-2H3,(H,4,5);4H,3H2,1-2H3;3H,1-2H3;5*1H4. The Morgan fingerprint density at radius 1 is 0.638 bits per heavy atom. The van der Waals surface area contributed by atoms with Crippen molar-refractivity contribution in [1.29, 1.82) is 0 Å². The Morgan fingerprint density at radius 2 is 0.936 bits per heavy atom. The zero-order valence-electron chi connectivity index (χ0n) is 30.5. The minimum absolute atomic E-state index is 0. The average Bonchev–Trinajstić information content (AvgIpc) is 2.92. The topological polar surface area (TPSA) is 151 Å². The molecule has 0 aromatic carbocycles. The molecule has 0 rings (SSSR count). The molecule has 3 N–H and O–H groups in total. The zero-order valence-corrected chi connectivity index (χ0v) is 32.1. The van der Waals surface area contributed by atoms with Crippen molar-refractivity contribution in [1.82, 2.24) is 34.4 Å². The molecule has 0 aliphatic carbocycles. The first-order chi connectivity index (χ1) is 19.0. The zero-order chi connectivity index (χ0) is 35.5. The third-order valence-electron chi connectivity index (χ3n) is 4.88. The SMILES string of the molecule is C.C.C.C.C.CCCN(C)CC.CCN(C)C.CCN(C)C(C)=O.CCN(C)S(C)(=O)=O.CCNC.CNC(C)=O.CNS(C)(=O)=O. The molecule has 0 fully saturated rings. The lowest BCUT2D eigenvalue weighted by Crippen LogP contribution is -2.24. The number of hydrogen-bond donors (Lipinski definition) is 3. The van der Waals surface area contributed by atoms with E-state index in [1.807, 2.05) is 14.0 Å². The van der Waals surface area contributed by atoms with Crippen LogP contribution in [0.3, 0.4) is 0 Å². The van der Waals surface area contributed by atoms with E-state index in [-0.39, 0.29) is 48.9 Å². The van der Waals surface area contributed by atoms with E-state index in [4.69, 9.17) is 0 Å². The van der Waals surface area contributed by atoms with Crippen LogP contribution in [-0.2, 0) is 29.6 Å². The largest absolute Gasteiger partial charge is 0.359 e. The van der Waals surface area contributed by atoms with Crippen molar-refractivity contribution in [2.75, 3.05) is 108 Å². The van der Waals surface area contributed by atoms with Gasteiger partial charge in [-0.1, -0.05) is 71.8 Å². The van der Waals surface area contributed by atoms with Crippen LogP contribution in [0.5, 0.6) is 0 Å². The average molecular weight is 734 g/mol. The molecule has 0 saturated carbocycles. The van der Waals surface area contributed by atoms with Crippen LogP contribution in [0.2, 0.25) is 0 Å². The van der Waals surface area contributed by atoms with Crippen molar-refractivity contribution < 1.29 is 26.4 Å². The summed E-state index contributed by atoms with van der Waals surface area (Å²) in [5.41, 5.74) is 0. The van der Waals surface area contributed by atoms with E-state index in [0.717, 1.165) is 25.9 Å². The summed E-state index contributed by atoms with van der Waals surface area (Å²) in [5, 5.41) is 5.32. The highest BCUT2D eigenvalue weighted by Crippen LogP contribution is 1.88.